The Morgan fingerprint density at radius 3 is 2.29 bits per heavy atom. The Hall–Kier alpha value is -1.89. The summed E-state index contributed by atoms with van der Waals surface area (Å²) in [5.74, 6) is 0.0669. The van der Waals surface area contributed by atoms with Gasteiger partial charge in [-0.15, -0.1) is 0 Å². The smallest absolute Gasteiger partial charge is 0.349 e. The third kappa shape index (κ3) is 5.95. The Bertz CT molecular complexity index is 459. The minimum absolute atomic E-state index is 0.593. The maximum Gasteiger partial charge on any atom is 0.349 e. The predicted molar refractivity (Wildman–Crippen MR) is 77.9 cm³/mol. The van der Waals surface area contributed by atoms with Crippen molar-refractivity contribution in [2.75, 3.05) is 6.61 Å². The van der Waals surface area contributed by atoms with Gasteiger partial charge in [0.1, 0.15) is 18.2 Å². The minimum atomic E-state index is -1.10. The van der Waals surface area contributed by atoms with Gasteiger partial charge in [0.15, 0.2) is 0 Å². The predicted octanol–water partition coefficient (Wildman–Crippen LogP) is 1.54. The zero-order chi connectivity index (χ0) is 15.8. The molecule has 0 bridgehead atoms. The highest BCUT2D eigenvalue weighted by atomic mass is 16.7. The molecule has 6 heteroatoms. The number of carbonyl (C=O) groups is 1. The number of nitrogens with zero attached hydrogens (tertiary/aromatic N) is 1. The molecule has 0 aliphatic heterocycles. The molecule has 0 saturated carbocycles. The normalized spacial score (nSPS) is 14.2. The Labute approximate surface area is 124 Å². The van der Waals surface area contributed by atoms with Gasteiger partial charge in [-0.3, -0.25) is 0 Å². The fourth-order valence-corrected chi connectivity index (χ4v) is 1.61. The second-order valence-electron chi connectivity index (χ2n) is 4.37. The second-order valence-corrected chi connectivity index (χ2v) is 4.37. The van der Waals surface area contributed by atoms with E-state index in [4.69, 9.17) is 9.57 Å². The number of benzene rings is 1. The number of aliphatic hydroxyl groups is 2. The van der Waals surface area contributed by atoms with Crippen LogP contribution in [0.2, 0.25) is 0 Å². The van der Waals surface area contributed by atoms with E-state index in [2.05, 4.69) is 0 Å². The molecule has 0 amide bonds. The summed E-state index contributed by atoms with van der Waals surface area (Å²) in [5, 5.41) is 19.5. The summed E-state index contributed by atoms with van der Waals surface area (Å²) in [6.45, 7) is 5.27. The molecule has 1 aromatic carbocycles. The highest BCUT2D eigenvalue weighted by molar-refractivity contribution is 5.86. The van der Waals surface area contributed by atoms with Crippen LogP contribution in [-0.2, 0) is 9.63 Å². The van der Waals surface area contributed by atoms with Crippen LogP contribution >= 0.6 is 0 Å². The zero-order valence-electron chi connectivity index (χ0n) is 12.4. The lowest BCUT2D eigenvalue weighted by molar-refractivity contribution is -0.273. The number of carbonyl (C=O) groups excluding carboxylic acids is 1. The second kappa shape index (κ2) is 8.41. The van der Waals surface area contributed by atoms with Gasteiger partial charge in [0.25, 0.3) is 0 Å². The third-order valence-corrected chi connectivity index (χ3v) is 2.53. The molecule has 0 aromatic heterocycles. The van der Waals surface area contributed by atoms with Crippen LogP contribution in [0.3, 0.4) is 0 Å². The summed E-state index contributed by atoms with van der Waals surface area (Å²) < 4.78 is 5.31. The molecule has 0 aliphatic carbocycles. The molecule has 116 valence electrons. The van der Waals surface area contributed by atoms with Gasteiger partial charge in [0.2, 0.25) is 0 Å². The van der Waals surface area contributed by atoms with Crippen LogP contribution < -0.4 is 4.74 Å². The van der Waals surface area contributed by atoms with E-state index in [0.29, 0.717) is 6.61 Å². The monoisotopic (exact) mass is 295 g/mol. The molecule has 1 rings (SSSR count). The van der Waals surface area contributed by atoms with Gasteiger partial charge < -0.3 is 19.8 Å². The maximum atomic E-state index is 11.6. The van der Waals surface area contributed by atoms with Gasteiger partial charge in [-0.05, 0) is 44.5 Å². The summed E-state index contributed by atoms with van der Waals surface area (Å²) >= 11 is 0. The molecule has 0 spiro atoms. The summed E-state index contributed by atoms with van der Waals surface area (Å²) in [4.78, 5) is 16.4. The molecule has 0 fully saturated rings. The molecule has 1 aromatic rings. The van der Waals surface area contributed by atoms with Crippen molar-refractivity contribution in [1.82, 2.24) is 5.06 Å². The van der Waals surface area contributed by atoms with Gasteiger partial charge in [-0.2, -0.15) is 0 Å². The fourth-order valence-electron chi connectivity index (χ4n) is 1.61. The Kier molecular flexibility index (Phi) is 6.87. The average Bonchev–Trinajstić information content (AvgIpc) is 2.43. The van der Waals surface area contributed by atoms with Crippen molar-refractivity contribution >= 4 is 12.0 Å². The summed E-state index contributed by atoms with van der Waals surface area (Å²) in [6.07, 6.45) is 0.578. The van der Waals surface area contributed by atoms with Crippen LogP contribution in [0.4, 0.5) is 0 Å². The van der Waals surface area contributed by atoms with Crippen LogP contribution in [0.25, 0.3) is 6.08 Å². The van der Waals surface area contributed by atoms with Crippen molar-refractivity contribution in [3.8, 4) is 5.75 Å². The third-order valence-electron chi connectivity index (χ3n) is 2.53. The van der Waals surface area contributed by atoms with Gasteiger partial charge in [-0.25, -0.2) is 4.79 Å². The standard InChI is InChI=1S/C15H21NO5/c1-4-20-14-8-5-13(6-9-14)7-10-15(19)21-16(11(2)17)12(3)18/h5-12,17-18H,4H2,1-3H3. The highest BCUT2D eigenvalue weighted by Gasteiger charge is 2.20. The van der Waals surface area contributed by atoms with E-state index < -0.39 is 18.4 Å². The van der Waals surface area contributed by atoms with Gasteiger partial charge in [-0.1, -0.05) is 17.2 Å². The lowest BCUT2D eigenvalue weighted by Crippen LogP contribution is -2.41. The number of aliphatic hydroxyl groups excluding tert-OH is 2. The molecule has 0 saturated heterocycles. The molecule has 0 aliphatic rings. The quantitative estimate of drug-likeness (QED) is 0.451. The minimum Gasteiger partial charge on any atom is -0.494 e. The van der Waals surface area contributed by atoms with Gasteiger partial charge >= 0.3 is 5.97 Å². The SMILES string of the molecule is CCOc1ccc(C=CC(=O)ON(C(C)O)C(C)O)cc1. The number of hydroxylamine groups is 2. The lowest BCUT2D eigenvalue weighted by Gasteiger charge is -2.25. The van der Waals surface area contributed by atoms with Crippen molar-refractivity contribution in [3.63, 3.8) is 0 Å². The highest BCUT2D eigenvalue weighted by Crippen LogP contribution is 2.13. The Morgan fingerprint density at radius 2 is 1.81 bits per heavy atom. The fraction of sp³-hybridized carbons (Fsp3) is 0.400. The molecular formula is C15H21NO5. The molecule has 0 radical (unpaired) electrons. The number of rotatable bonds is 7. The van der Waals surface area contributed by atoms with Gasteiger partial charge in [0, 0.05) is 6.08 Å². The first-order valence-corrected chi connectivity index (χ1v) is 6.71. The molecule has 2 N–H and O–H groups in total. The molecule has 21 heavy (non-hydrogen) atoms. The van der Waals surface area contributed by atoms with E-state index in [1.54, 1.807) is 30.3 Å². The van der Waals surface area contributed by atoms with E-state index >= 15 is 0 Å². The van der Waals surface area contributed by atoms with E-state index in [-0.39, 0.29) is 0 Å². The molecule has 2 atom stereocenters. The van der Waals surface area contributed by atoms with Crippen molar-refractivity contribution in [3.05, 3.63) is 35.9 Å². The molecular weight excluding hydrogens is 274 g/mol. The van der Waals surface area contributed by atoms with Crippen molar-refractivity contribution in [1.29, 1.82) is 0 Å². The Balaban J connectivity index is 2.60. The van der Waals surface area contributed by atoms with Crippen LogP contribution in [0.5, 0.6) is 5.75 Å². The maximum absolute atomic E-state index is 11.6. The van der Waals surface area contributed by atoms with E-state index in [1.165, 1.54) is 19.9 Å². The first-order valence-electron chi connectivity index (χ1n) is 6.71. The van der Waals surface area contributed by atoms with E-state index in [0.717, 1.165) is 16.4 Å². The van der Waals surface area contributed by atoms with Gasteiger partial charge in [0.05, 0.1) is 6.61 Å². The largest absolute Gasteiger partial charge is 0.494 e. The zero-order valence-corrected chi connectivity index (χ0v) is 12.4. The van der Waals surface area contributed by atoms with Crippen LogP contribution in [-0.4, -0.2) is 40.3 Å². The average molecular weight is 295 g/mol. The van der Waals surface area contributed by atoms with Crippen LogP contribution in [0.1, 0.15) is 26.3 Å². The van der Waals surface area contributed by atoms with E-state index in [9.17, 15) is 15.0 Å². The first-order chi connectivity index (χ1) is 9.93. The van der Waals surface area contributed by atoms with E-state index in [1.807, 2.05) is 6.92 Å². The van der Waals surface area contributed by atoms with Crippen molar-refractivity contribution < 1.29 is 24.6 Å². The lowest BCUT2D eigenvalue weighted by atomic mass is 10.2. The summed E-state index contributed by atoms with van der Waals surface area (Å²) in [7, 11) is 0. The molecule has 6 nitrogen and oxygen atoms in total. The molecule has 2 unspecified atom stereocenters. The van der Waals surface area contributed by atoms with Crippen LogP contribution in [0.15, 0.2) is 30.3 Å². The number of hydrogen-bond acceptors (Lipinski definition) is 6. The Morgan fingerprint density at radius 1 is 1.24 bits per heavy atom. The van der Waals surface area contributed by atoms with Crippen molar-refractivity contribution in [2.24, 2.45) is 0 Å². The summed E-state index contributed by atoms with van der Waals surface area (Å²) in [6, 6.07) is 7.20. The topological polar surface area (TPSA) is 79.2 Å². The first kappa shape index (κ1) is 17.2. The van der Waals surface area contributed by atoms with Crippen molar-refractivity contribution in [2.45, 2.75) is 33.2 Å². The van der Waals surface area contributed by atoms with Crippen LogP contribution in [0, 0.1) is 0 Å². The number of ether oxygens (including phenoxy) is 1. The summed E-state index contributed by atoms with van der Waals surface area (Å²) in [5.41, 5.74) is 0.802. The molecule has 0 heterocycles. The number of hydrogen-bond donors (Lipinski definition) is 2.